The van der Waals surface area contributed by atoms with E-state index in [-0.39, 0.29) is 22.6 Å². The van der Waals surface area contributed by atoms with Crippen molar-refractivity contribution in [3.05, 3.63) is 71.6 Å². The summed E-state index contributed by atoms with van der Waals surface area (Å²) in [7, 11) is 0. The number of aromatic nitrogens is 2. The first-order valence-electron chi connectivity index (χ1n) is 9.27. The molecule has 0 amide bonds. The molecule has 1 N–H and O–H groups in total. The molecular weight excluding hydrogens is 390 g/mol. The minimum atomic E-state index is -0.733. The van der Waals surface area contributed by atoms with Crippen molar-refractivity contribution in [2.45, 2.75) is 19.4 Å². The van der Waals surface area contributed by atoms with Crippen LogP contribution in [-0.2, 0) is 0 Å². The molecule has 30 heavy (non-hydrogen) atoms. The molecule has 1 atom stereocenters. The van der Waals surface area contributed by atoms with Gasteiger partial charge in [-0.05, 0) is 43.7 Å². The lowest BCUT2D eigenvalue weighted by Gasteiger charge is -2.18. The zero-order chi connectivity index (χ0) is 21.8. The third kappa shape index (κ3) is 4.21. The maximum absolute atomic E-state index is 15.1. The number of aldehydes is 1. The van der Waals surface area contributed by atoms with Gasteiger partial charge in [-0.3, -0.25) is 4.79 Å². The van der Waals surface area contributed by atoms with E-state index in [4.69, 9.17) is 5.26 Å². The molecule has 1 saturated heterocycles. The van der Waals surface area contributed by atoms with Crippen molar-refractivity contribution < 1.29 is 18.7 Å². The molecule has 8 heteroatoms. The zero-order valence-electron chi connectivity index (χ0n) is 16.3. The molecule has 1 aromatic carbocycles. The maximum atomic E-state index is 15.1. The van der Waals surface area contributed by atoms with Gasteiger partial charge in [-0.2, -0.15) is 10.4 Å². The fourth-order valence-electron chi connectivity index (χ4n) is 3.31. The van der Waals surface area contributed by atoms with Gasteiger partial charge in [0.05, 0.1) is 17.4 Å². The molecular formula is C22H20F2N4O2. The van der Waals surface area contributed by atoms with Crippen LogP contribution in [0.2, 0.25) is 0 Å². The van der Waals surface area contributed by atoms with Crippen LogP contribution in [0.5, 0.6) is 0 Å². The maximum Gasteiger partial charge on any atom is 0.170 e. The van der Waals surface area contributed by atoms with Crippen LogP contribution in [0, 0.1) is 17.1 Å². The Labute approximate surface area is 172 Å². The normalized spacial score (nSPS) is 17.5. The highest BCUT2D eigenvalue weighted by Gasteiger charge is 2.21. The van der Waals surface area contributed by atoms with E-state index in [0.29, 0.717) is 37.1 Å². The largest absolute Gasteiger partial charge is 0.391 e. The number of hydrogen-bond donors (Lipinski definition) is 1. The number of aliphatic hydroxyl groups is 1. The number of hydrogen-bond acceptors (Lipinski definition) is 5. The smallest absolute Gasteiger partial charge is 0.170 e. The van der Waals surface area contributed by atoms with Gasteiger partial charge in [0, 0.05) is 24.4 Å². The molecule has 0 spiro atoms. The lowest BCUT2D eigenvalue weighted by molar-refractivity contribution is 0.111. The van der Waals surface area contributed by atoms with E-state index in [0.717, 1.165) is 6.07 Å². The van der Waals surface area contributed by atoms with Crippen molar-refractivity contribution in [3.63, 3.8) is 0 Å². The van der Waals surface area contributed by atoms with Gasteiger partial charge in [0.25, 0.3) is 0 Å². The molecule has 1 aliphatic rings. The van der Waals surface area contributed by atoms with Gasteiger partial charge in [0.1, 0.15) is 23.3 Å². The molecule has 2 aromatic rings. The van der Waals surface area contributed by atoms with E-state index < -0.39 is 17.7 Å². The number of carbonyl (C=O) groups is 1. The average Bonchev–Trinajstić information content (AvgIpc) is 3.35. The summed E-state index contributed by atoms with van der Waals surface area (Å²) in [6, 6.07) is 7.07. The first-order valence-corrected chi connectivity index (χ1v) is 9.27. The van der Waals surface area contributed by atoms with Crippen LogP contribution in [0.4, 0.5) is 8.78 Å². The second-order valence-electron chi connectivity index (χ2n) is 6.90. The second kappa shape index (κ2) is 8.84. The third-order valence-electron chi connectivity index (χ3n) is 4.90. The van der Waals surface area contributed by atoms with Crippen LogP contribution in [0.3, 0.4) is 0 Å². The summed E-state index contributed by atoms with van der Waals surface area (Å²) < 4.78 is 30.4. The summed E-state index contributed by atoms with van der Waals surface area (Å²) in [5.74, 6) is -1.39. The summed E-state index contributed by atoms with van der Waals surface area (Å²) in [5.41, 5.74) is 1.10. The minimum absolute atomic E-state index is 0.0260. The second-order valence-corrected chi connectivity index (χ2v) is 6.90. The van der Waals surface area contributed by atoms with E-state index in [2.05, 4.69) is 11.7 Å². The Morgan fingerprint density at radius 1 is 1.43 bits per heavy atom. The number of allylic oxidation sites excluding steroid dienone is 5. The predicted octanol–water partition coefficient (Wildman–Crippen LogP) is 3.67. The van der Waals surface area contributed by atoms with Crippen molar-refractivity contribution in [2.75, 3.05) is 13.1 Å². The van der Waals surface area contributed by atoms with Gasteiger partial charge in [-0.1, -0.05) is 12.6 Å². The molecule has 1 aliphatic heterocycles. The predicted molar refractivity (Wildman–Crippen MR) is 108 cm³/mol. The summed E-state index contributed by atoms with van der Waals surface area (Å²) in [5, 5.41) is 22.7. The Balaban J connectivity index is 2.08. The number of halogens is 2. The molecule has 1 fully saturated rings. The number of nitrogens with zero attached hydrogens (tertiary/aromatic N) is 4. The summed E-state index contributed by atoms with van der Waals surface area (Å²) in [6.07, 6.45) is 3.23. The standard InChI is InChI=1S/C22H20F2N4O2/c1-3-21(20(24)8-14(2)27-7-6-18(30)12-27)28-22(10-17(13-29)26-28)15-4-5-16(11-25)19(23)9-15/h3-5,8-10,13,18,30H,1,6-7,12H2,2H3/b14-8+,21-20-. The van der Waals surface area contributed by atoms with Gasteiger partial charge >= 0.3 is 0 Å². The Bertz CT molecular complexity index is 1100. The van der Waals surface area contributed by atoms with Gasteiger partial charge in [-0.15, -0.1) is 0 Å². The summed E-state index contributed by atoms with van der Waals surface area (Å²) in [4.78, 5) is 13.1. The minimum Gasteiger partial charge on any atom is -0.391 e. The summed E-state index contributed by atoms with van der Waals surface area (Å²) >= 11 is 0. The van der Waals surface area contributed by atoms with Crippen molar-refractivity contribution >= 4 is 12.0 Å². The zero-order valence-corrected chi connectivity index (χ0v) is 16.3. The van der Waals surface area contributed by atoms with Crippen LogP contribution in [0.1, 0.15) is 29.4 Å². The van der Waals surface area contributed by atoms with Gasteiger partial charge in [-0.25, -0.2) is 13.5 Å². The average molecular weight is 410 g/mol. The number of nitriles is 1. The van der Waals surface area contributed by atoms with E-state index in [1.807, 2.05) is 4.90 Å². The molecule has 2 heterocycles. The Hall–Kier alpha value is -3.57. The quantitative estimate of drug-likeness (QED) is 0.581. The number of likely N-dealkylation sites (tertiary alicyclic amines) is 1. The number of aliphatic hydroxyl groups excluding tert-OH is 1. The Morgan fingerprint density at radius 2 is 2.20 bits per heavy atom. The third-order valence-corrected chi connectivity index (χ3v) is 4.90. The molecule has 1 aromatic heterocycles. The molecule has 154 valence electrons. The molecule has 3 rings (SSSR count). The number of β-amino-alcohol motifs (C(OH)–C–C–N with tert-alkyl or cyclic N) is 1. The molecule has 6 nitrogen and oxygen atoms in total. The fraction of sp³-hybridized carbons (Fsp3) is 0.227. The monoisotopic (exact) mass is 410 g/mol. The lowest BCUT2D eigenvalue weighted by Crippen LogP contribution is -2.20. The van der Waals surface area contributed by atoms with E-state index in [1.54, 1.807) is 13.0 Å². The Kier molecular flexibility index (Phi) is 6.23. The van der Waals surface area contributed by atoms with Crippen LogP contribution in [0.25, 0.3) is 17.0 Å². The van der Waals surface area contributed by atoms with Crippen molar-refractivity contribution in [1.82, 2.24) is 14.7 Å². The molecule has 0 bridgehead atoms. The van der Waals surface area contributed by atoms with Gasteiger partial charge < -0.3 is 10.0 Å². The van der Waals surface area contributed by atoms with Crippen LogP contribution in [-0.4, -0.2) is 45.3 Å². The lowest BCUT2D eigenvalue weighted by atomic mass is 10.1. The number of benzene rings is 1. The first kappa shape index (κ1) is 21.1. The first-order chi connectivity index (χ1) is 14.4. The number of carbonyl (C=O) groups excluding carboxylic acids is 1. The van der Waals surface area contributed by atoms with Crippen molar-refractivity contribution in [3.8, 4) is 17.3 Å². The van der Waals surface area contributed by atoms with Crippen LogP contribution in [0.15, 0.2) is 54.5 Å². The molecule has 1 unspecified atom stereocenters. The molecule has 0 saturated carbocycles. The Morgan fingerprint density at radius 3 is 2.77 bits per heavy atom. The molecule has 0 aliphatic carbocycles. The highest BCUT2D eigenvalue weighted by atomic mass is 19.1. The van der Waals surface area contributed by atoms with Gasteiger partial charge in [0.15, 0.2) is 12.1 Å². The van der Waals surface area contributed by atoms with Gasteiger partial charge in [0.2, 0.25) is 0 Å². The molecule has 0 radical (unpaired) electrons. The van der Waals surface area contributed by atoms with Crippen molar-refractivity contribution in [2.24, 2.45) is 0 Å². The fourth-order valence-corrected chi connectivity index (χ4v) is 3.31. The van der Waals surface area contributed by atoms with Crippen LogP contribution >= 0.6 is 0 Å². The topological polar surface area (TPSA) is 82.2 Å². The number of rotatable bonds is 6. The van der Waals surface area contributed by atoms with Crippen LogP contribution < -0.4 is 0 Å². The van der Waals surface area contributed by atoms with E-state index in [1.165, 1.54) is 35.0 Å². The summed E-state index contributed by atoms with van der Waals surface area (Å²) in [6.45, 7) is 6.42. The van der Waals surface area contributed by atoms with E-state index >= 15 is 4.39 Å². The van der Waals surface area contributed by atoms with E-state index in [9.17, 15) is 14.3 Å². The van der Waals surface area contributed by atoms with Crippen molar-refractivity contribution in [1.29, 1.82) is 5.26 Å². The SMILES string of the molecule is C=C/C(=C(F)\C=C(/C)N1CCC(O)C1)n1nc(C=O)cc1-c1ccc(C#N)c(F)c1. The highest BCUT2D eigenvalue weighted by molar-refractivity contribution is 5.78. The highest BCUT2D eigenvalue weighted by Crippen LogP contribution is 2.28.